The molecule has 0 amide bonds. The number of rotatable bonds is 3. The predicted octanol–water partition coefficient (Wildman–Crippen LogP) is 2.41. The fourth-order valence-corrected chi connectivity index (χ4v) is 3.97. The smallest absolute Gasteiger partial charge is 0.0641 e. The molecule has 3 rings (SSSR count). The zero-order chi connectivity index (χ0) is 13.5. The number of nitrogens with zero attached hydrogens (tertiary/aromatic N) is 1. The minimum absolute atomic E-state index is 0.0706. The highest BCUT2D eigenvalue weighted by atomic mass is 16.5. The van der Waals surface area contributed by atoms with E-state index in [-0.39, 0.29) is 5.60 Å². The molecule has 0 radical (unpaired) electrons. The molecule has 0 aromatic rings. The van der Waals surface area contributed by atoms with E-state index >= 15 is 0 Å². The second-order valence-corrected chi connectivity index (χ2v) is 7.37. The molecule has 0 bridgehead atoms. The lowest BCUT2D eigenvalue weighted by Crippen LogP contribution is -2.61. The van der Waals surface area contributed by atoms with Gasteiger partial charge in [-0.15, -0.1) is 0 Å². The molecule has 1 N–H and O–H groups in total. The van der Waals surface area contributed by atoms with Crippen LogP contribution in [0, 0.1) is 5.92 Å². The van der Waals surface area contributed by atoms with Gasteiger partial charge in [-0.2, -0.15) is 0 Å². The third-order valence-electron chi connectivity index (χ3n) is 5.29. The molecule has 110 valence electrons. The lowest BCUT2D eigenvalue weighted by atomic mass is 9.90. The number of hydrogen-bond acceptors (Lipinski definition) is 3. The summed E-state index contributed by atoms with van der Waals surface area (Å²) in [5.41, 5.74) is 0.0706. The van der Waals surface area contributed by atoms with Gasteiger partial charge in [0.25, 0.3) is 0 Å². The van der Waals surface area contributed by atoms with Gasteiger partial charge in [-0.25, -0.2) is 0 Å². The van der Waals surface area contributed by atoms with Gasteiger partial charge in [0.05, 0.1) is 5.60 Å². The minimum atomic E-state index is 0.0706. The molecule has 3 aliphatic rings. The van der Waals surface area contributed by atoms with Crippen LogP contribution < -0.4 is 5.32 Å². The minimum Gasteiger partial charge on any atom is -0.375 e. The summed E-state index contributed by atoms with van der Waals surface area (Å²) >= 11 is 0. The lowest BCUT2D eigenvalue weighted by Gasteiger charge is -2.48. The molecule has 3 unspecified atom stereocenters. The third-order valence-corrected chi connectivity index (χ3v) is 5.29. The highest BCUT2D eigenvalue weighted by molar-refractivity contribution is 4.97. The van der Waals surface area contributed by atoms with Gasteiger partial charge >= 0.3 is 0 Å². The summed E-state index contributed by atoms with van der Waals surface area (Å²) in [6.07, 6.45) is 6.57. The van der Waals surface area contributed by atoms with Crippen molar-refractivity contribution in [2.75, 3.05) is 19.7 Å². The van der Waals surface area contributed by atoms with E-state index in [1.807, 2.05) is 0 Å². The first-order valence-electron chi connectivity index (χ1n) is 8.22. The van der Waals surface area contributed by atoms with E-state index in [1.54, 1.807) is 0 Å². The lowest BCUT2D eigenvalue weighted by molar-refractivity contribution is -0.0946. The molecule has 2 aliphatic heterocycles. The molecule has 19 heavy (non-hydrogen) atoms. The van der Waals surface area contributed by atoms with Gasteiger partial charge in [-0.3, -0.25) is 4.90 Å². The van der Waals surface area contributed by atoms with Crippen molar-refractivity contribution in [2.45, 2.75) is 76.6 Å². The summed E-state index contributed by atoms with van der Waals surface area (Å²) < 4.78 is 5.90. The predicted molar refractivity (Wildman–Crippen MR) is 78.4 cm³/mol. The molecular weight excluding hydrogens is 236 g/mol. The van der Waals surface area contributed by atoms with Crippen molar-refractivity contribution in [3.05, 3.63) is 0 Å². The van der Waals surface area contributed by atoms with Crippen LogP contribution in [-0.2, 0) is 4.74 Å². The molecule has 3 fully saturated rings. The molecule has 2 heterocycles. The van der Waals surface area contributed by atoms with Crippen LogP contribution in [0.4, 0.5) is 0 Å². The second-order valence-electron chi connectivity index (χ2n) is 7.37. The van der Waals surface area contributed by atoms with E-state index in [4.69, 9.17) is 4.74 Å². The fourth-order valence-electron chi connectivity index (χ4n) is 3.97. The van der Waals surface area contributed by atoms with Gasteiger partial charge in [0, 0.05) is 37.8 Å². The van der Waals surface area contributed by atoms with Gasteiger partial charge in [-0.1, -0.05) is 6.92 Å². The topological polar surface area (TPSA) is 24.5 Å². The van der Waals surface area contributed by atoms with Crippen LogP contribution in [-0.4, -0.2) is 48.3 Å². The summed E-state index contributed by atoms with van der Waals surface area (Å²) in [5, 5.41) is 3.80. The highest BCUT2D eigenvalue weighted by Gasteiger charge is 2.41. The SMILES string of the molecule is CCC1CNC(C2CC2)CN1C1CCOC(C)(C)C1. The Hall–Kier alpha value is -0.120. The Balaban J connectivity index is 1.67. The van der Waals surface area contributed by atoms with Gasteiger partial charge < -0.3 is 10.1 Å². The van der Waals surface area contributed by atoms with E-state index in [0.29, 0.717) is 0 Å². The van der Waals surface area contributed by atoms with Crippen molar-refractivity contribution in [1.82, 2.24) is 10.2 Å². The van der Waals surface area contributed by atoms with Crippen molar-refractivity contribution in [3.8, 4) is 0 Å². The van der Waals surface area contributed by atoms with E-state index in [0.717, 1.165) is 30.7 Å². The van der Waals surface area contributed by atoms with Crippen LogP contribution in [0.5, 0.6) is 0 Å². The number of hydrogen-bond donors (Lipinski definition) is 1. The monoisotopic (exact) mass is 266 g/mol. The van der Waals surface area contributed by atoms with Gasteiger partial charge in [0.1, 0.15) is 0 Å². The Bertz CT molecular complexity index is 314. The first-order valence-corrected chi connectivity index (χ1v) is 8.22. The summed E-state index contributed by atoms with van der Waals surface area (Å²) in [4.78, 5) is 2.82. The fraction of sp³-hybridized carbons (Fsp3) is 1.00. The first kappa shape index (κ1) is 13.8. The van der Waals surface area contributed by atoms with Crippen LogP contribution in [0.1, 0.15) is 52.9 Å². The molecule has 3 nitrogen and oxygen atoms in total. The maximum absolute atomic E-state index is 5.90. The van der Waals surface area contributed by atoms with E-state index < -0.39 is 0 Å². The van der Waals surface area contributed by atoms with Crippen molar-refractivity contribution in [2.24, 2.45) is 5.92 Å². The molecular formula is C16H30N2O. The summed E-state index contributed by atoms with van der Waals surface area (Å²) in [7, 11) is 0. The van der Waals surface area contributed by atoms with Crippen molar-refractivity contribution in [1.29, 1.82) is 0 Å². The van der Waals surface area contributed by atoms with Crippen LogP contribution in [0.3, 0.4) is 0 Å². The molecule has 2 saturated heterocycles. The van der Waals surface area contributed by atoms with Crippen LogP contribution in [0.2, 0.25) is 0 Å². The van der Waals surface area contributed by atoms with Crippen LogP contribution >= 0.6 is 0 Å². The molecule has 1 aliphatic carbocycles. The molecule has 0 aromatic carbocycles. The quantitative estimate of drug-likeness (QED) is 0.849. The molecule has 3 heteroatoms. The van der Waals surface area contributed by atoms with Gasteiger partial charge in [-0.05, 0) is 51.9 Å². The highest BCUT2D eigenvalue weighted by Crippen LogP contribution is 2.36. The average molecular weight is 266 g/mol. The second kappa shape index (κ2) is 5.34. The Morgan fingerprint density at radius 2 is 2.05 bits per heavy atom. The summed E-state index contributed by atoms with van der Waals surface area (Å²) in [6, 6.07) is 2.22. The Kier molecular flexibility index (Phi) is 3.89. The van der Waals surface area contributed by atoms with Crippen molar-refractivity contribution < 1.29 is 4.74 Å². The number of ether oxygens (including phenoxy) is 1. The zero-order valence-corrected chi connectivity index (χ0v) is 12.8. The van der Waals surface area contributed by atoms with Crippen LogP contribution in [0.15, 0.2) is 0 Å². The van der Waals surface area contributed by atoms with E-state index in [2.05, 4.69) is 31.0 Å². The molecule has 0 spiro atoms. The van der Waals surface area contributed by atoms with Gasteiger partial charge in [0.15, 0.2) is 0 Å². The van der Waals surface area contributed by atoms with Crippen molar-refractivity contribution in [3.63, 3.8) is 0 Å². The van der Waals surface area contributed by atoms with Gasteiger partial charge in [0.2, 0.25) is 0 Å². The third kappa shape index (κ3) is 3.14. The van der Waals surface area contributed by atoms with E-state index in [1.165, 1.54) is 45.2 Å². The van der Waals surface area contributed by atoms with Crippen LogP contribution in [0.25, 0.3) is 0 Å². The average Bonchev–Trinajstić information content (AvgIpc) is 3.21. The summed E-state index contributed by atoms with van der Waals surface area (Å²) in [6.45, 7) is 10.2. The van der Waals surface area contributed by atoms with E-state index in [9.17, 15) is 0 Å². The van der Waals surface area contributed by atoms with Crippen molar-refractivity contribution >= 4 is 0 Å². The normalized spacial score (nSPS) is 40.3. The Labute approximate surface area is 118 Å². The molecule has 3 atom stereocenters. The Morgan fingerprint density at radius 3 is 2.68 bits per heavy atom. The largest absolute Gasteiger partial charge is 0.375 e. The maximum atomic E-state index is 5.90. The zero-order valence-electron chi connectivity index (χ0n) is 12.8. The molecule has 1 saturated carbocycles. The maximum Gasteiger partial charge on any atom is 0.0641 e. The molecule has 0 aromatic heterocycles. The number of piperazine rings is 1. The number of nitrogens with one attached hydrogen (secondary N) is 1. The standard InChI is InChI=1S/C16H30N2O/c1-4-13-10-17-15(12-5-6-12)11-18(13)14-7-8-19-16(2,3)9-14/h12-15,17H,4-11H2,1-3H3. The first-order chi connectivity index (χ1) is 9.09. The summed E-state index contributed by atoms with van der Waals surface area (Å²) in [5.74, 6) is 0.966. The Morgan fingerprint density at radius 1 is 1.26 bits per heavy atom.